The summed E-state index contributed by atoms with van der Waals surface area (Å²) in [4.78, 5) is 28.5. The SMILES string of the molecule is COc1cc(OC)cc(-n2nc(C(=O)NCCN3CCOCC3)c3ccccc3c2=O)c1. The van der Waals surface area contributed by atoms with E-state index < -0.39 is 0 Å². The lowest BCUT2D eigenvalue weighted by Crippen LogP contribution is -2.41. The molecule has 0 unspecified atom stereocenters. The molecule has 0 aliphatic carbocycles. The van der Waals surface area contributed by atoms with E-state index in [-0.39, 0.29) is 17.2 Å². The molecule has 1 aliphatic heterocycles. The Balaban J connectivity index is 1.69. The monoisotopic (exact) mass is 438 g/mol. The molecular formula is C23H26N4O5. The van der Waals surface area contributed by atoms with Gasteiger partial charge in [0, 0.05) is 49.8 Å². The number of rotatable bonds is 7. The molecular weight excluding hydrogens is 412 g/mol. The van der Waals surface area contributed by atoms with E-state index in [0.717, 1.165) is 19.6 Å². The highest BCUT2D eigenvalue weighted by molar-refractivity contribution is 6.04. The van der Waals surface area contributed by atoms with Crippen LogP contribution in [-0.4, -0.2) is 74.2 Å². The molecule has 0 spiro atoms. The van der Waals surface area contributed by atoms with E-state index in [1.54, 1.807) is 42.5 Å². The van der Waals surface area contributed by atoms with Gasteiger partial charge in [-0.3, -0.25) is 14.5 Å². The molecule has 9 heteroatoms. The van der Waals surface area contributed by atoms with Crippen LogP contribution in [0.2, 0.25) is 0 Å². The Labute approximate surface area is 185 Å². The van der Waals surface area contributed by atoms with E-state index in [1.165, 1.54) is 18.9 Å². The quantitative estimate of drug-likeness (QED) is 0.597. The summed E-state index contributed by atoms with van der Waals surface area (Å²) in [6.07, 6.45) is 0. The minimum absolute atomic E-state index is 0.184. The predicted molar refractivity (Wildman–Crippen MR) is 120 cm³/mol. The Kier molecular flexibility index (Phi) is 6.67. The van der Waals surface area contributed by atoms with Crippen molar-refractivity contribution < 1.29 is 19.0 Å². The lowest BCUT2D eigenvalue weighted by atomic mass is 10.1. The van der Waals surface area contributed by atoms with E-state index in [9.17, 15) is 9.59 Å². The fourth-order valence-corrected chi connectivity index (χ4v) is 3.68. The molecule has 4 rings (SSSR count). The van der Waals surface area contributed by atoms with Gasteiger partial charge in [0.05, 0.1) is 38.5 Å². The van der Waals surface area contributed by atoms with Crippen molar-refractivity contribution in [3.05, 3.63) is 58.5 Å². The normalized spacial score (nSPS) is 14.3. The molecule has 1 saturated heterocycles. The summed E-state index contributed by atoms with van der Waals surface area (Å²) >= 11 is 0. The van der Waals surface area contributed by atoms with Gasteiger partial charge >= 0.3 is 0 Å². The van der Waals surface area contributed by atoms with Crippen molar-refractivity contribution in [2.45, 2.75) is 0 Å². The number of amides is 1. The molecule has 32 heavy (non-hydrogen) atoms. The number of carbonyl (C=O) groups excluding carboxylic acids is 1. The number of ether oxygens (including phenoxy) is 3. The van der Waals surface area contributed by atoms with E-state index in [0.29, 0.717) is 47.7 Å². The summed E-state index contributed by atoms with van der Waals surface area (Å²) in [6.45, 7) is 4.30. The largest absolute Gasteiger partial charge is 0.497 e. The van der Waals surface area contributed by atoms with Crippen LogP contribution in [0.1, 0.15) is 10.5 Å². The topological polar surface area (TPSA) is 94.9 Å². The van der Waals surface area contributed by atoms with Crippen LogP contribution >= 0.6 is 0 Å². The Morgan fingerprint density at radius 1 is 1.06 bits per heavy atom. The van der Waals surface area contributed by atoms with Gasteiger partial charge in [0.2, 0.25) is 0 Å². The number of hydrogen-bond donors (Lipinski definition) is 1. The molecule has 3 aromatic rings. The molecule has 0 atom stereocenters. The third kappa shape index (κ3) is 4.58. The van der Waals surface area contributed by atoms with E-state index >= 15 is 0 Å². The van der Waals surface area contributed by atoms with Crippen molar-refractivity contribution in [1.82, 2.24) is 20.0 Å². The summed E-state index contributed by atoms with van der Waals surface area (Å²) in [5.74, 6) is 0.688. The molecule has 2 heterocycles. The molecule has 1 N–H and O–H groups in total. The summed E-state index contributed by atoms with van der Waals surface area (Å²) in [5.41, 5.74) is 0.295. The number of nitrogens with zero attached hydrogens (tertiary/aromatic N) is 3. The minimum Gasteiger partial charge on any atom is -0.497 e. The van der Waals surface area contributed by atoms with Crippen LogP contribution in [0.15, 0.2) is 47.3 Å². The highest BCUT2D eigenvalue weighted by Gasteiger charge is 2.19. The van der Waals surface area contributed by atoms with Crippen molar-refractivity contribution in [2.75, 3.05) is 53.6 Å². The van der Waals surface area contributed by atoms with Crippen LogP contribution in [0.25, 0.3) is 16.5 Å². The summed E-state index contributed by atoms with van der Waals surface area (Å²) in [7, 11) is 3.06. The second kappa shape index (κ2) is 9.80. The fourth-order valence-electron chi connectivity index (χ4n) is 3.68. The highest BCUT2D eigenvalue weighted by atomic mass is 16.5. The van der Waals surface area contributed by atoms with Crippen molar-refractivity contribution in [3.63, 3.8) is 0 Å². The molecule has 2 aromatic carbocycles. The first-order valence-corrected chi connectivity index (χ1v) is 10.4. The maximum atomic E-state index is 13.2. The summed E-state index contributed by atoms with van der Waals surface area (Å²) in [5, 5.41) is 8.28. The van der Waals surface area contributed by atoms with E-state index in [2.05, 4.69) is 15.3 Å². The molecule has 1 amide bonds. The lowest BCUT2D eigenvalue weighted by molar-refractivity contribution is 0.0383. The summed E-state index contributed by atoms with van der Waals surface area (Å²) < 4.78 is 17.2. The highest BCUT2D eigenvalue weighted by Crippen LogP contribution is 2.25. The Hall–Kier alpha value is -3.43. The number of aromatic nitrogens is 2. The van der Waals surface area contributed by atoms with Crippen LogP contribution in [0.5, 0.6) is 11.5 Å². The number of morpholine rings is 1. The zero-order valence-electron chi connectivity index (χ0n) is 18.2. The number of benzene rings is 2. The van der Waals surface area contributed by atoms with Crippen LogP contribution in [0.3, 0.4) is 0 Å². The van der Waals surface area contributed by atoms with E-state index in [1.807, 2.05) is 0 Å². The van der Waals surface area contributed by atoms with Crippen molar-refractivity contribution in [1.29, 1.82) is 0 Å². The molecule has 9 nitrogen and oxygen atoms in total. The zero-order chi connectivity index (χ0) is 22.5. The number of methoxy groups -OCH3 is 2. The summed E-state index contributed by atoms with van der Waals surface area (Å²) in [6, 6.07) is 12.0. The minimum atomic E-state index is -0.335. The molecule has 1 fully saturated rings. The zero-order valence-corrected chi connectivity index (χ0v) is 18.2. The average Bonchev–Trinajstić information content (AvgIpc) is 2.84. The predicted octanol–water partition coefficient (Wildman–Crippen LogP) is 1.46. The number of carbonyl (C=O) groups is 1. The Bertz CT molecular complexity index is 1150. The first kappa shape index (κ1) is 21.8. The van der Waals surface area contributed by atoms with Gasteiger partial charge < -0.3 is 19.5 Å². The number of nitrogens with one attached hydrogen (secondary N) is 1. The van der Waals surface area contributed by atoms with Gasteiger partial charge in [-0.25, -0.2) is 0 Å². The molecule has 168 valence electrons. The van der Waals surface area contributed by atoms with Crippen LogP contribution in [-0.2, 0) is 4.74 Å². The molecule has 0 bridgehead atoms. The smallest absolute Gasteiger partial charge is 0.279 e. The van der Waals surface area contributed by atoms with Gasteiger partial charge in [-0.1, -0.05) is 18.2 Å². The maximum absolute atomic E-state index is 13.2. The number of hydrogen-bond acceptors (Lipinski definition) is 7. The lowest BCUT2D eigenvalue weighted by Gasteiger charge is -2.26. The Morgan fingerprint density at radius 2 is 1.72 bits per heavy atom. The van der Waals surface area contributed by atoms with Crippen LogP contribution in [0, 0.1) is 0 Å². The third-order valence-corrected chi connectivity index (χ3v) is 5.42. The van der Waals surface area contributed by atoms with Gasteiger partial charge in [-0.15, -0.1) is 0 Å². The maximum Gasteiger partial charge on any atom is 0.279 e. The van der Waals surface area contributed by atoms with Crippen LogP contribution < -0.4 is 20.3 Å². The molecule has 0 saturated carbocycles. The second-order valence-corrected chi connectivity index (χ2v) is 7.39. The van der Waals surface area contributed by atoms with Gasteiger partial charge in [0.15, 0.2) is 5.69 Å². The van der Waals surface area contributed by atoms with Gasteiger partial charge in [-0.2, -0.15) is 9.78 Å². The fraction of sp³-hybridized carbons (Fsp3) is 0.348. The van der Waals surface area contributed by atoms with Crippen LogP contribution in [0.4, 0.5) is 0 Å². The van der Waals surface area contributed by atoms with Crippen molar-refractivity contribution in [2.24, 2.45) is 0 Å². The van der Waals surface area contributed by atoms with E-state index in [4.69, 9.17) is 14.2 Å². The standard InChI is InChI=1S/C23H26N4O5/c1-30-17-13-16(14-18(15-17)31-2)27-23(29)20-6-4-3-5-19(20)21(25-27)22(28)24-7-8-26-9-11-32-12-10-26/h3-6,13-15H,7-12H2,1-2H3,(H,24,28). The first-order chi connectivity index (χ1) is 15.6. The first-order valence-electron chi connectivity index (χ1n) is 10.4. The molecule has 1 aromatic heterocycles. The molecule has 0 radical (unpaired) electrons. The van der Waals surface area contributed by atoms with Crippen molar-refractivity contribution in [3.8, 4) is 17.2 Å². The number of fused-ring (bicyclic) bond motifs is 1. The Morgan fingerprint density at radius 3 is 2.38 bits per heavy atom. The average molecular weight is 438 g/mol. The van der Waals surface area contributed by atoms with Gasteiger partial charge in [0.1, 0.15) is 11.5 Å². The van der Waals surface area contributed by atoms with Gasteiger partial charge in [-0.05, 0) is 6.07 Å². The third-order valence-electron chi connectivity index (χ3n) is 5.42. The van der Waals surface area contributed by atoms with Gasteiger partial charge in [0.25, 0.3) is 11.5 Å². The van der Waals surface area contributed by atoms with Crippen molar-refractivity contribution >= 4 is 16.7 Å². The second-order valence-electron chi connectivity index (χ2n) is 7.39. The molecule has 1 aliphatic rings.